The van der Waals surface area contributed by atoms with Crippen LogP contribution >= 0.6 is 136 Å². The van der Waals surface area contributed by atoms with E-state index in [4.69, 9.17) is 0 Å². The van der Waals surface area contributed by atoms with Crippen LogP contribution < -0.4 is 0 Å². The molecule has 3 saturated heterocycles. The summed E-state index contributed by atoms with van der Waals surface area (Å²) in [5.74, 6) is 7.84. The van der Waals surface area contributed by atoms with Crippen molar-refractivity contribution in [3.8, 4) is 5.75 Å². The zero-order valence-electron chi connectivity index (χ0n) is 21.9. The maximum Gasteiger partial charge on any atom is 0.136 e. The molecule has 2 atom stereocenters. The molecule has 0 aromatic heterocycles. The van der Waals surface area contributed by atoms with Crippen molar-refractivity contribution in [2.45, 2.75) is 77.4 Å². The zero-order chi connectivity index (χ0) is 26.5. The highest BCUT2D eigenvalue weighted by Crippen LogP contribution is 2.67. The Hall–Kier alpha value is 3.18. The molecular weight excluding hydrogens is 913 g/mol. The Balaban J connectivity index is 1.97. The van der Waals surface area contributed by atoms with Gasteiger partial charge in [0, 0.05) is 53.5 Å². The van der Waals surface area contributed by atoms with Crippen molar-refractivity contribution in [2.75, 3.05) is 34.5 Å². The number of hydrogen-bond acceptors (Lipinski definition) is 7. The van der Waals surface area contributed by atoms with Crippen molar-refractivity contribution >= 4 is 140 Å². The van der Waals surface area contributed by atoms with Gasteiger partial charge in [-0.2, -0.15) is 0 Å². The summed E-state index contributed by atoms with van der Waals surface area (Å²) in [5.41, 5.74) is 4.02. The van der Waals surface area contributed by atoms with E-state index in [1.807, 2.05) is 0 Å². The van der Waals surface area contributed by atoms with Gasteiger partial charge in [0.1, 0.15) is 11.9 Å². The van der Waals surface area contributed by atoms with E-state index in [0.29, 0.717) is 13.6 Å². The predicted molar refractivity (Wildman–Crippen MR) is 208 cm³/mol. The molecule has 0 saturated carbocycles. The van der Waals surface area contributed by atoms with Crippen molar-refractivity contribution in [3.63, 3.8) is 0 Å². The normalized spacial score (nSPS) is 24.4. The van der Waals surface area contributed by atoms with Crippen molar-refractivity contribution in [1.29, 1.82) is 0 Å². The molecule has 1 N–H and O–H groups in total. The third-order valence-corrected chi connectivity index (χ3v) is 27.5. The van der Waals surface area contributed by atoms with Gasteiger partial charge in [-0.25, -0.2) is 0 Å². The number of rotatable bonds is 12. The smallest absolute Gasteiger partial charge is 0.136 e. The lowest BCUT2D eigenvalue weighted by atomic mass is 9.95. The van der Waals surface area contributed by atoms with E-state index in [1.165, 1.54) is 89.7 Å². The van der Waals surface area contributed by atoms with Crippen LogP contribution in [0.3, 0.4) is 0 Å². The van der Waals surface area contributed by atoms with Crippen LogP contribution in [0.4, 0.5) is 0 Å². The van der Waals surface area contributed by atoms with Gasteiger partial charge in [0.15, 0.2) is 0 Å². The topological polar surface area (TPSA) is 20.2 Å². The first-order valence-electron chi connectivity index (χ1n) is 13.4. The van der Waals surface area contributed by atoms with Crippen LogP contribution in [0.2, 0.25) is 0 Å². The summed E-state index contributed by atoms with van der Waals surface area (Å²) in [4.78, 5) is 0. The zero-order valence-corrected chi connectivity index (χ0v) is 33.3. The fourth-order valence-corrected chi connectivity index (χ4v) is 24.0. The SMILES string of the molecule is CCCC=IC1(c2cc(C3(C(I)CCC)SCCS3)cc(C3(C(I)CCC)SCCS3)c2O)SCCS1. The van der Waals surface area contributed by atoms with Crippen LogP contribution in [-0.2, 0) is 10.2 Å². The third-order valence-electron chi connectivity index (χ3n) is 6.83. The highest BCUT2D eigenvalue weighted by molar-refractivity contribution is 14.2. The van der Waals surface area contributed by atoms with Crippen LogP contribution in [0, 0.1) is 0 Å². The van der Waals surface area contributed by atoms with E-state index in [1.54, 1.807) is 0 Å². The van der Waals surface area contributed by atoms with E-state index in [9.17, 15) is 5.11 Å². The second kappa shape index (κ2) is 15.3. The summed E-state index contributed by atoms with van der Waals surface area (Å²) in [5, 5.41) is 12.3. The van der Waals surface area contributed by atoms with E-state index in [0.717, 1.165) is 0 Å². The van der Waals surface area contributed by atoms with Crippen molar-refractivity contribution in [1.82, 2.24) is 0 Å². The number of phenols is 1. The van der Waals surface area contributed by atoms with Crippen LogP contribution in [0.25, 0.3) is 0 Å². The van der Waals surface area contributed by atoms with Crippen LogP contribution in [-0.4, -0.2) is 51.5 Å². The van der Waals surface area contributed by atoms with Gasteiger partial charge in [-0.3, -0.25) is 0 Å². The minimum Gasteiger partial charge on any atom is -0.507 e. The fourth-order valence-electron chi connectivity index (χ4n) is 5.04. The summed E-state index contributed by atoms with van der Waals surface area (Å²) in [6, 6.07) is 5.01. The second-order valence-corrected chi connectivity index (χ2v) is 25.8. The number of alkyl halides is 3. The molecule has 1 nitrogen and oxygen atoms in total. The third kappa shape index (κ3) is 6.97. The molecule has 3 aliphatic heterocycles. The van der Waals surface area contributed by atoms with E-state index in [-0.39, 0.29) is 31.0 Å². The Kier molecular flexibility index (Phi) is 13.6. The first-order chi connectivity index (χ1) is 17.9. The second-order valence-electron chi connectivity index (χ2n) is 9.45. The lowest BCUT2D eigenvalue weighted by Gasteiger charge is -2.39. The van der Waals surface area contributed by atoms with E-state index >= 15 is 0 Å². The standard InChI is InChI=1S/C27H39I3OS6/c1-4-7-10-30-27(36-15-16-37-27)21-18-19(25(22(28)8-5-2)32-11-12-33-25)17-20(24(21)31)26(23(29)9-6-3)34-13-14-35-26/h10,17-18,22-23,31H,4-9,11-16H2,1-3H3. The molecule has 10 heteroatoms. The van der Waals surface area contributed by atoms with Crippen molar-refractivity contribution in [3.05, 3.63) is 28.8 Å². The maximum atomic E-state index is 12.3. The van der Waals surface area contributed by atoms with Gasteiger partial charge in [0.05, 0.1) is 4.08 Å². The lowest BCUT2D eigenvalue weighted by Crippen LogP contribution is -2.31. The highest BCUT2D eigenvalue weighted by Gasteiger charge is 2.50. The number of halogens is 3. The molecule has 37 heavy (non-hydrogen) atoms. The molecule has 3 heterocycles. The number of unbranched alkanes of at least 4 members (excludes halogenated alkanes) is 1. The summed E-state index contributed by atoms with van der Waals surface area (Å²) in [6.45, 7) is 6.93. The van der Waals surface area contributed by atoms with Gasteiger partial charge in [0.25, 0.3) is 0 Å². The van der Waals surface area contributed by atoms with Crippen LogP contribution in [0.1, 0.15) is 76.0 Å². The molecule has 0 amide bonds. The molecule has 1 aromatic carbocycles. The number of hydrogen-bond donors (Lipinski definition) is 1. The Labute approximate surface area is 288 Å². The quantitative estimate of drug-likeness (QED) is 0.164. The number of phenolic OH excluding ortho intramolecular Hbond substituents is 1. The van der Waals surface area contributed by atoms with Gasteiger partial charge in [-0.05, 0) is 37.0 Å². The summed E-state index contributed by atoms with van der Waals surface area (Å²) in [6.07, 6.45) is 7.29. The summed E-state index contributed by atoms with van der Waals surface area (Å²) < 4.78 is 3.79. The highest BCUT2D eigenvalue weighted by atomic mass is 127. The van der Waals surface area contributed by atoms with E-state index < -0.39 is 0 Å². The average molecular weight is 953 g/mol. The van der Waals surface area contributed by atoms with Gasteiger partial charge in [-0.1, -0.05) is 110 Å². The summed E-state index contributed by atoms with van der Waals surface area (Å²) >= 11 is 18.2. The van der Waals surface area contributed by atoms with Crippen LogP contribution in [0.15, 0.2) is 12.1 Å². The largest absolute Gasteiger partial charge is 0.507 e. The molecule has 1 aromatic rings. The number of aromatic hydroxyl groups is 1. The van der Waals surface area contributed by atoms with Crippen molar-refractivity contribution < 1.29 is 5.11 Å². The minimum atomic E-state index is -0.189. The molecule has 0 bridgehead atoms. The lowest BCUT2D eigenvalue weighted by molar-refractivity contribution is 0.459. The predicted octanol–water partition coefficient (Wildman–Crippen LogP) is 11.0. The van der Waals surface area contributed by atoms with Gasteiger partial charge in [0.2, 0.25) is 0 Å². The summed E-state index contributed by atoms with van der Waals surface area (Å²) in [7, 11) is 0. The molecule has 2 unspecified atom stereocenters. The number of benzene rings is 1. The Bertz CT molecular complexity index is 927. The Morgan fingerprint density at radius 2 is 1.27 bits per heavy atom. The molecular formula is C27H39I3OS6. The van der Waals surface area contributed by atoms with Gasteiger partial charge in [-0.15, -0.1) is 70.6 Å². The van der Waals surface area contributed by atoms with Crippen molar-refractivity contribution in [2.24, 2.45) is 0 Å². The number of thioether (sulfide) groups is 6. The van der Waals surface area contributed by atoms with Crippen LogP contribution in [0.5, 0.6) is 5.75 Å². The molecule has 0 aliphatic carbocycles. The monoisotopic (exact) mass is 952 g/mol. The molecule has 3 fully saturated rings. The van der Waals surface area contributed by atoms with Gasteiger partial charge >= 0.3 is 0 Å². The van der Waals surface area contributed by atoms with Gasteiger partial charge < -0.3 is 5.11 Å². The fraction of sp³-hybridized carbons (Fsp3) is 0.741. The first-order valence-corrected chi connectivity index (χ1v) is 24.1. The molecule has 4 rings (SSSR count). The molecule has 0 spiro atoms. The average Bonchev–Trinajstić information content (AvgIpc) is 3.67. The minimum absolute atomic E-state index is 0.0458. The van der Waals surface area contributed by atoms with E-state index in [2.05, 4.69) is 153 Å². The first kappa shape index (κ1) is 33.1. The Morgan fingerprint density at radius 3 is 1.81 bits per heavy atom. The molecule has 3 aliphatic rings. The maximum absolute atomic E-state index is 12.3. The molecule has 0 radical (unpaired) electrons. The Morgan fingerprint density at radius 1 is 0.784 bits per heavy atom. The molecule has 210 valence electrons.